The van der Waals surface area contributed by atoms with Gasteiger partial charge in [0.05, 0.1) is 5.02 Å². The van der Waals surface area contributed by atoms with Crippen molar-refractivity contribution in [1.29, 1.82) is 0 Å². The molecule has 1 unspecified atom stereocenters. The van der Waals surface area contributed by atoms with Gasteiger partial charge in [-0.2, -0.15) is 0 Å². The first kappa shape index (κ1) is 12.0. The van der Waals surface area contributed by atoms with E-state index in [0.717, 1.165) is 10.0 Å². The molecule has 0 fully saturated rings. The van der Waals surface area contributed by atoms with Crippen LogP contribution in [0.25, 0.3) is 0 Å². The van der Waals surface area contributed by atoms with Gasteiger partial charge < -0.3 is 10.8 Å². The standard InChI is InChI=1S/C10H13BrClNO/c1-10(13,4-5-14)7-2-3-9(12)8(11)6-7/h2-3,6,14H,4-5,13H2,1H3. The largest absolute Gasteiger partial charge is 0.396 e. The molecule has 0 heterocycles. The zero-order valence-corrected chi connectivity index (χ0v) is 10.3. The van der Waals surface area contributed by atoms with Crippen LogP contribution in [0.15, 0.2) is 22.7 Å². The molecule has 0 aromatic heterocycles. The van der Waals surface area contributed by atoms with Crippen molar-refractivity contribution in [3.05, 3.63) is 33.3 Å². The van der Waals surface area contributed by atoms with Gasteiger partial charge in [0, 0.05) is 16.6 Å². The van der Waals surface area contributed by atoms with E-state index in [-0.39, 0.29) is 6.61 Å². The van der Waals surface area contributed by atoms with E-state index < -0.39 is 5.54 Å². The predicted molar refractivity (Wildman–Crippen MR) is 62.4 cm³/mol. The van der Waals surface area contributed by atoms with Crippen LogP contribution in [0.3, 0.4) is 0 Å². The Morgan fingerprint density at radius 1 is 1.57 bits per heavy atom. The molecule has 4 heteroatoms. The fourth-order valence-electron chi connectivity index (χ4n) is 1.23. The molecule has 0 bridgehead atoms. The summed E-state index contributed by atoms with van der Waals surface area (Å²) in [6.07, 6.45) is 0.529. The van der Waals surface area contributed by atoms with Crippen molar-refractivity contribution in [2.45, 2.75) is 18.9 Å². The molecule has 0 saturated carbocycles. The number of benzene rings is 1. The fourth-order valence-corrected chi connectivity index (χ4v) is 1.72. The molecule has 0 aliphatic rings. The van der Waals surface area contributed by atoms with Crippen molar-refractivity contribution in [3.63, 3.8) is 0 Å². The Kier molecular flexibility index (Phi) is 3.95. The molecule has 1 atom stereocenters. The Morgan fingerprint density at radius 3 is 2.71 bits per heavy atom. The minimum atomic E-state index is -0.512. The van der Waals surface area contributed by atoms with Gasteiger partial charge in [-0.25, -0.2) is 0 Å². The average Bonchev–Trinajstić information content (AvgIpc) is 2.09. The molecule has 0 saturated heterocycles. The van der Waals surface area contributed by atoms with Crippen molar-refractivity contribution in [2.24, 2.45) is 5.73 Å². The van der Waals surface area contributed by atoms with Crippen molar-refractivity contribution in [2.75, 3.05) is 6.61 Å². The molecule has 0 aliphatic heterocycles. The maximum atomic E-state index is 8.87. The lowest BCUT2D eigenvalue weighted by molar-refractivity contribution is 0.247. The summed E-state index contributed by atoms with van der Waals surface area (Å²) < 4.78 is 0.825. The van der Waals surface area contributed by atoms with Gasteiger partial charge in [-0.05, 0) is 47.0 Å². The van der Waals surface area contributed by atoms with Crippen LogP contribution in [0.2, 0.25) is 5.02 Å². The van der Waals surface area contributed by atoms with Crippen molar-refractivity contribution in [1.82, 2.24) is 0 Å². The van der Waals surface area contributed by atoms with Gasteiger partial charge in [-0.1, -0.05) is 17.7 Å². The SMILES string of the molecule is CC(N)(CCO)c1ccc(Cl)c(Br)c1. The zero-order chi connectivity index (χ0) is 10.8. The molecule has 3 N–H and O–H groups in total. The lowest BCUT2D eigenvalue weighted by Crippen LogP contribution is -2.33. The first-order valence-corrected chi connectivity index (χ1v) is 5.50. The van der Waals surface area contributed by atoms with Crippen LogP contribution in [-0.4, -0.2) is 11.7 Å². The Labute approximate surface area is 97.2 Å². The number of aliphatic hydroxyl groups is 1. The average molecular weight is 279 g/mol. The molecule has 0 radical (unpaired) electrons. The van der Waals surface area contributed by atoms with E-state index >= 15 is 0 Å². The summed E-state index contributed by atoms with van der Waals surface area (Å²) in [6, 6.07) is 5.56. The summed E-state index contributed by atoms with van der Waals surface area (Å²) in [5, 5.41) is 9.53. The molecule has 1 rings (SSSR count). The first-order chi connectivity index (χ1) is 6.47. The topological polar surface area (TPSA) is 46.2 Å². The predicted octanol–water partition coefficient (Wildman–Crippen LogP) is 2.66. The Bertz CT molecular complexity index is 328. The van der Waals surface area contributed by atoms with Crippen molar-refractivity contribution < 1.29 is 5.11 Å². The minimum absolute atomic E-state index is 0.0766. The van der Waals surface area contributed by atoms with Gasteiger partial charge in [0.1, 0.15) is 0 Å². The molecule has 78 valence electrons. The molecule has 0 spiro atoms. The van der Waals surface area contributed by atoms with Crippen LogP contribution in [0.4, 0.5) is 0 Å². The van der Waals surface area contributed by atoms with Crippen LogP contribution in [-0.2, 0) is 5.54 Å². The van der Waals surface area contributed by atoms with Crippen molar-refractivity contribution in [3.8, 4) is 0 Å². The highest BCUT2D eigenvalue weighted by Gasteiger charge is 2.20. The van der Waals surface area contributed by atoms with Gasteiger partial charge in [0.25, 0.3) is 0 Å². The molecule has 1 aromatic carbocycles. The maximum Gasteiger partial charge on any atom is 0.0548 e. The van der Waals surface area contributed by atoms with Gasteiger partial charge in [-0.15, -0.1) is 0 Å². The summed E-state index contributed by atoms with van der Waals surface area (Å²) >= 11 is 9.21. The van der Waals surface area contributed by atoms with Crippen LogP contribution in [0.5, 0.6) is 0 Å². The molecule has 2 nitrogen and oxygen atoms in total. The number of hydrogen-bond donors (Lipinski definition) is 2. The summed E-state index contributed by atoms with van der Waals surface area (Å²) in [5.74, 6) is 0. The number of aliphatic hydroxyl groups excluding tert-OH is 1. The van der Waals surface area contributed by atoms with Gasteiger partial charge in [-0.3, -0.25) is 0 Å². The van der Waals surface area contributed by atoms with Crippen LogP contribution < -0.4 is 5.73 Å². The first-order valence-electron chi connectivity index (χ1n) is 4.32. The second-order valence-corrected chi connectivity index (χ2v) is 4.78. The normalized spacial score (nSPS) is 15.2. The fraction of sp³-hybridized carbons (Fsp3) is 0.400. The third-order valence-corrected chi connectivity index (χ3v) is 3.42. The summed E-state index contributed by atoms with van der Waals surface area (Å²) in [4.78, 5) is 0. The van der Waals surface area contributed by atoms with Gasteiger partial charge in [0.15, 0.2) is 0 Å². The van der Waals surface area contributed by atoms with E-state index in [1.807, 2.05) is 19.1 Å². The van der Waals surface area contributed by atoms with E-state index in [9.17, 15) is 0 Å². The molecule has 1 aromatic rings. The van der Waals surface area contributed by atoms with Crippen molar-refractivity contribution >= 4 is 27.5 Å². The molecular weight excluding hydrogens is 265 g/mol. The quantitative estimate of drug-likeness (QED) is 0.893. The Hall–Kier alpha value is -0.0900. The molecule has 0 aliphatic carbocycles. The number of rotatable bonds is 3. The van der Waals surface area contributed by atoms with E-state index in [0.29, 0.717) is 11.4 Å². The summed E-state index contributed by atoms with van der Waals surface area (Å²) in [7, 11) is 0. The van der Waals surface area contributed by atoms with E-state index in [1.165, 1.54) is 0 Å². The third-order valence-electron chi connectivity index (χ3n) is 2.21. The van der Waals surface area contributed by atoms with Crippen LogP contribution in [0.1, 0.15) is 18.9 Å². The number of hydrogen-bond acceptors (Lipinski definition) is 2. The highest BCUT2D eigenvalue weighted by atomic mass is 79.9. The Balaban J connectivity index is 3.01. The second-order valence-electron chi connectivity index (χ2n) is 3.52. The van der Waals surface area contributed by atoms with E-state index in [4.69, 9.17) is 22.4 Å². The monoisotopic (exact) mass is 277 g/mol. The molecular formula is C10H13BrClNO. The minimum Gasteiger partial charge on any atom is -0.396 e. The summed E-state index contributed by atoms with van der Waals surface area (Å²) in [6.45, 7) is 1.96. The van der Waals surface area contributed by atoms with Crippen LogP contribution in [0, 0.1) is 0 Å². The maximum absolute atomic E-state index is 8.87. The second kappa shape index (κ2) is 4.62. The molecule has 14 heavy (non-hydrogen) atoms. The highest BCUT2D eigenvalue weighted by molar-refractivity contribution is 9.10. The van der Waals surface area contributed by atoms with Crippen LogP contribution >= 0.6 is 27.5 Å². The number of halogens is 2. The lowest BCUT2D eigenvalue weighted by atomic mass is 9.90. The van der Waals surface area contributed by atoms with Gasteiger partial charge in [0.2, 0.25) is 0 Å². The lowest BCUT2D eigenvalue weighted by Gasteiger charge is -2.24. The van der Waals surface area contributed by atoms with E-state index in [2.05, 4.69) is 15.9 Å². The summed E-state index contributed by atoms with van der Waals surface area (Å²) in [5.41, 5.74) is 6.49. The number of nitrogens with two attached hydrogens (primary N) is 1. The van der Waals surface area contributed by atoms with E-state index in [1.54, 1.807) is 6.07 Å². The highest BCUT2D eigenvalue weighted by Crippen LogP contribution is 2.29. The Morgan fingerprint density at radius 2 is 2.21 bits per heavy atom. The zero-order valence-electron chi connectivity index (χ0n) is 7.93. The third kappa shape index (κ3) is 2.70. The van der Waals surface area contributed by atoms with Gasteiger partial charge >= 0.3 is 0 Å². The smallest absolute Gasteiger partial charge is 0.0548 e. The molecule has 0 amide bonds.